The van der Waals surface area contributed by atoms with E-state index in [0.29, 0.717) is 12.1 Å². The van der Waals surface area contributed by atoms with E-state index in [0.717, 1.165) is 12.3 Å². The van der Waals surface area contributed by atoms with Crippen LogP contribution in [0.2, 0.25) is 0 Å². The maximum atomic E-state index is 12.9. The van der Waals surface area contributed by atoms with Gasteiger partial charge in [0.15, 0.2) is 0 Å². The molecule has 1 aliphatic rings. The Balaban J connectivity index is 2.09. The van der Waals surface area contributed by atoms with E-state index in [1.165, 1.54) is 18.4 Å². The molecule has 2 unspecified atom stereocenters. The van der Waals surface area contributed by atoms with Gasteiger partial charge in [0.05, 0.1) is 0 Å². The molecule has 1 saturated carbocycles. The smallest absolute Gasteiger partial charge is 0.123 e. The van der Waals surface area contributed by atoms with Crippen LogP contribution in [-0.4, -0.2) is 6.04 Å². The van der Waals surface area contributed by atoms with Gasteiger partial charge < -0.3 is 5.32 Å². The molecule has 1 N–H and O–H groups in total. The third-order valence-electron chi connectivity index (χ3n) is 3.40. The topological polar surface area (TPSA) is 12.0 Å². The van der Waals surface area contributed by atoms with Crippen molar-refractivity contribution >= 4 is 0 Å². The summed E-state index contributed by atoms with van der Waals surface area (Å²) >= 11 is 0. The van der Waals surface area contributed by atoms with Gasteiger partial charge in [-0.3, -0.25) is 0 Å². The van der Waals surface area contributed by atoms with E-state index in [4.69, 9.17) is 0 Å². The first-order valence-electron chi connectivity index (χ1n) is 6.22. The first kappa shape index (κ1) is 11.6. The van der Waals surface area contributed by atoms with Crippen molar-refractivity contribution in [2.24, 2.45) is 5.92 Å². The summed E-state index contributed by atoms with van der Waals surface area (Å²) in [5.74, 6) is 0.598. The second-order valence-corrected chi connectivity index (χ2v) is 4.84. The summed E-state index contributed by atoms with van der Waals surface area (Å²) in [5.41, 5.74) is 1.23. The highest BCUT2D eigenvalue weighted by atomic mass is 19.1. The highest BCUT2D eigenvalue weighted by Gasteiger charge is 2.32. The first-order valence-corrected chi connectivity index (χ1v) is 6.22. The Kier molecular flexibility index (Phi) is 3.59. The molecule has 1 fully saturated rings. The predicted octanol–water partition coefficient (Wildman–Crippen LogP) is 3.66. The Morgan fingerprint density at radius 2 is 1.94 bits per heavy atom. The van der Waals surface area contributed by atoms with Crippen LogP contribution in [0.4, 0.5) is 4.39 Å². The average Bonchev–Trinajstić information content (AvgIpc) is 3.11. The van der Waals surface area contributed by atoms with Gasteiger partial charge in [-0.25, -0.2) is 4.39 Å². The zero-order valence-electron chi connectivity index (χ0n) is 10.0. The SMILES string of the molecule is CCC(C)NC(c1ccc(F)cc1)C1CC1. The third-order valence-corrected chi connectivity index (χ3v) is 3.40. The van der Waals surface area contributed by atoms with Crippen LogP contribution in [0.5, 0.6) is 0 Å². The Morgan fingerprint density at radius 3 is 2.44 bits per heavy atom. The Labute approximate surface area is 97.1 Å². The molecule has 1 nitrogen and oxygen atoms in total. The average molecular weight is 221 g/mol. The molecule has 88 valence electrons. The maximum absolute atomic E-state index is 12.9. The fraction of sp³-hybridized carbons (Fsp3) is 0.571. The summed E-state index contributed by atoms with van der Waals surface area (Å²) in [7, 11) is 0. The summed E-state index contributed by atoms with van der Waals surface area (Å²) in [6, 6.07) is 7.87. The fourth-order valence-electron chi connectivity index (χ4n) is 2.03. The number of hydrogen-bond donors (Lipinski definition) is 1. The van der Waals surface area contributed by atoms with Crippen molar-refractivity contribution in [3.8, 4) is 0 Å². The molecule has 0 saturated heterocycles. The lowest BCUT2D eigenvalue weighted by atomic mass is 10.0. The molecule has 0 bridgehead atoms. The summed E-state index contributed by atoms with van der Waals surface area (Å²) in [4.78, 5) is 0. The zero-order valence-corrected chi connectivity index (χ0v) is 10.0. The van der Waals surface area contributed by atoms with Gasteiger partial charge in [0.2, 0.25) is 0 Å². The molecule has 0 aliphatic heterocycles. The van der Waals surface area contributed by atoms with E-state index < -0.39 is 0 Å². The summed E-state index contributed by atoms with van der Waals surface area (Å²) in [6.07, 6.45) is 3.72. The van der Waals surface area contributed by atoms with E-state index in [-0.39, 0.29) is 5.82 Å². The molecule has 0 spiro atoms. The number of nitrogens with one attached hydrogen (secondary N) is 1. The van der Waals surface area contributed by atoms with Crippen LogP contribution in [0.1, 0.15) is 44.7 Å². The van der Waals surface area contributed by atoms with Crippen molar-refractivity contribution in [1.82, 2.24) is 5.32 Å². The van der Waals surface area contributed by atoms with E-state index >= 15 is 0 Å². The van der Waals surface area contributed by atoms with Crippen molar-refractivity contribution in [3.05, 3.63) is 35.6 Å². The molecular weight excluding hydrogens is 201 g/mol. The number of hydrogen-bond acceptors (Lipinski definition) is 1. The number of rotatable bonds is 5. The summed E-state index contributed by atoms with van der Waals surface area (Å²) in [5, 5.41) is 3.64. The number of benzene rings is 1. The van der Waals surface area contributed by atoms with Crippen LogP contribution in [0.3, 0.4) is 0 Å². The lowest BCUT2D eigenvalue weighted by Gasteiger charge is -2.23. The first-order chi connectivity index (χ1) is 7.70. The van der Waals surface area contributed by atoms with Crippen molar-refractivity contribution in [2.45, 2.75) is 45.2 Å². The van der Waals surface area contributed by atoms with Gasteiger partial charge in [-0.1, -0.05) is 19.1 Å². The van der Waals surface area contributed by atoms with Crippen LogP contribution in [0, 0.1) is 11.7 Å². The monoisotopic (exact) mass is 221 g/mol. The molecule has 0 radical (unpaired) electrons. The molecule has 0 heterocycles. The minimum Gasteiger partial charge on any atom is -0.307 e. The largest absolute Gasteiger partial charge is 0.307 e. The molecule has 1 aliphatic carbocycles. The summed E-state index contributed by atoms with van der Waals surface area (Å²) < 4.78 is 12.9. The van der Waals surface area contributed by atoms with Crippen LogP contribution < -0.4 is 5.32 Å². The van der Waals surface area contributed by atoms with Crippen molar-refractivity contribution in [3.63, 3.8) is 0 Å². The van der Waals surface area contributed by atoms with Gasteiger partial charge in [-0.2, -0.15) is 0 Å². The second-order valence-electron chi connectivity index (χ2n) is 4.84. The third kappa shape index (κ3) is 2.82. The van der Waals surface area contributed by atoms with Gasteiger partial charge in [0.25, 0.3) is 0 Å². The van der Waals surface area contributed by atoms with Gasteiger partial charge in [0, 0.05) is 12.1 Å². The van der Waals surface area contributed by atoms with Crippen LogP contribution in [0.15, 0.2) is 24.3 Å². The molecule has 2 atom stereocenters. The van der Waals surface area contributed by atoms with E-state index in [9.17, 15) is 4.39 Å². The van der Waals surface area contributed by atoms with Crippen LogP contribution in [-0.2, 0) is 0 Å². The standard InChI is InChI=1S/C14H20FN/c1-3-10(2)16-14(11-4-5-11)12-6-8-13(15)9-7-12/h6-11,14,16H,3-5H2,1-2H3. The molecule has 2 rings (SSSR count). The molecule has 1 aromatic rings. The van der Waals surface area contributed by atoms with Gasteiger partial charge in [-0.15, -0.1) is 0 Å². The quantitative estimate of drug-likeness (QED) is 0.800. The lowest BCUT2D eigenvalue weighted by molar-refractivity contribution is 0.412. The second kappa shape index (κ2) is 4.96. The van der Waals surface area contributed by atoms with Gasteiger partial charge in [0.1, 0.15) is 5.82 Å². The van der Waals surface area contributed by atoms with Gasteiger partial charge >= 0.3 is 0 Å². The summed E-state index contributed by atoms with van der Waals surface area (Å²) in [6.45, 7) is 4.39. The molecule has 2 heteroatoms. The minimum atomic E-state index is -0.151. The molecular formula is C14H20FN. The molecule has 0 aromatic heterocycles. The highest BCUT2D eigenvalue weighted by molar-refractivity contribution is 5.22. The Bertz CT molecular complexity index is 329. The maximum Gasteiger partial charge on any atom is 0.123 e. The fourth-order valence-corrected chi connectivity index (χ4v) is 2.03. The van der Waals surface area contributed by atoms with Crippen LogP contribution >= 0.6 is 0 Å². The lowest BCUT2D eigenvalue weighted by Crippen LogP contribution is -2.31. The Morgan fingerprint density at radius 1 is 1.31 bits per heavy atom. The van der Waals surface area contributed by atoms with E-state index in [1.54, 1.807) is 12.1 Å². The van der Waals surface area contributed by atoms with Gasteiger partial charge in [-0.05, 0) is 49.8 Å². The zero-order chi connectivity index (χ0) is 11.5. The predicted molar refractivity (Wildman–Crippen MR) is 64.8 cm³/mol. The van der Waals surface area contributed by atoms with Crippen LogP contribution in [0.25, 0.3) is 0 Å². The van der Waals surface area contributed by atoms with Crippen molar-refractivity contribution in [1.29, 1.82) is 0 Å². The van der Waals surface area contributed by atoms with E-state index in [2.05, 4.69) is 19.2 Å². The number of halogens is 1. The minimum absolute atomic E-state index is 0.151. The molecule has 0 amide bonds. The Hall–Kier alpha value is -0.890. The molecule has 16 heavy (non-hydrogen) atoms. The highest BCUT2D eigenvalue weighted by Crippen LogP contribution is 2.41. The van der Waals surface area contributed by atoms with E-state index in [1.807, 2.05) is 12.1 Å². The normalized spacial score (nSPS) is 19.4. The van der Waals surface area contributed by atoms with Crippen molar-refractivity contribution < 1.29 is 4.39 Å². The molecule has 1 aromatic carbocycles. The van der Waals surface area contributed by atoms with Crippen molar-refractivity contribution in [2.75, 3.05) is 0 Å².